The van der Waals surface area contributed by atoms with Gasteiger partial charge in [-0.25, -0.2) is 9.48 Å². The Balaban J connectivity index is 1.10. The van der Waals surface area contributed by atoms with E-state index in [9.17, 15) is 65.1 Å². The Morgan fingerprint density at radius 3 is 2.16 bits per heavy atom. The van der Waals surface area contributed by atoms with Crippen molar-refractivity contribution in [1.82, 2.24) is 30.9 Å². The Hall–Kier alpha value is -4.36. The van der Waals surface area contributed by atoms with Gasteiger partial charge < -0.3 is 95.1 Å². The number of carbonyl (C=O) groups excluding carboxylic acids is 3. The number of rotatable bonds is 20. The average Bonchev–Trinajstić information content (AvgIpc) is 3.86. The molecule has 26 nitrogen and oxygen atoms in total. The molecule has 4 heterocycles. The molecule has 20 atom stereocenters. The number of hydrogen-bond acceptors (Lipinski definition) is 21. The van der Waals surface area contributed by atoms with Gasteiger partial charge in [-0.3, -0.25) is 14.4 Å². The lowest BCUT2D eigenvalue weighted by Crippen LogP contribution is -2.68. The molecular weight excluding hydrogens is 993 g/mol. The smallest absolute Gasteiger partial charge is 0.332 e. The molecule has 3 aliphatic heterocycles. The minimum absolute atomic E-state index is 0.00764. The third kappa shape index (κ3) is 14.2. The van der Waals surface area contributed by atoms with Crippen molar-refractivity contribution in [3.8, 4) is 11.3 Å². The van der Waals surface area contributed by atoms with Crippen molar-refractivity contribution in [2.24, 2.45) is 11.8 Å². The fourth-order valence-corrected chi connectivity index (χ4v) is 10.8. The second-order valence-electron chi connectivity index (χ2n) is 20.4. The molecule has 3 amide bonds. The largest absolute Gasteiger partial charge is 0.479 e. The number of aromatic nitrogens is 3. The van der Waals surface area contributed by atoms with Crippen LogP contribution in [0.3, 0.4) is 0 Å². The summed E-state index contributed by atoms with van der Waals surface area (Å²) in [5.41, 5.74) is 2.18. The maximum absolute atomic E-state index is 14.2. The summed E-state index contributed by atoms with van der Waals surface area (Å²) in [6, 6.07) is 3.72. The number of hydrogen-bond donors (Lipinski definition) is 12. The summed E-state index contributed by atoms with van der Waals surface area (Å²) >= 11 is 0. The van der Waals surface area contributed by atoms with Crippen LogP contribution in [0.15, 0.2) is 30.5 Å². The van der Waals surface area contributed by atoms with Crippen LogP contribution in [0, 0.1) is 18.8 Å². The minimum Gasteiger partial charge on any atom is -0.479 e. The first-order chi connectivity index (χ1) is 35.8. The summed E-state index contributed by atoms with van der Waals surface area (Å²) in [5.74, 6) is -4.18. The number of nitrogens with one attached hydrogen (secondary N) is 3. The van der Waals surface area contributed by atoms with Crippen LogP contribution in [0.25, 0.3) is 11.3 Å². The fourth-order valence-electron chi connectivity index (χ4n) is 10.8. The summed E-state index contributed by atoms with van der Waals surface area (Å²) in [6.07, 6.45) is -18.3. The van der Waals surface area contributed by atoms with Crippen LogP contribution in [-0.4, -0.2) is 221 Å². The highest BCUT2D eigenvalue weighted by Gasteiger charge is 2.54. The van der Waals surface area contributed by atoms with E-state index < -0.39 is 159 Å². The van der Waals surface area contributed by atoms with Gasteiger partial charge in [0, 0.05) is 31.9 Å². The van der Waals surface area contributed by atoms with Crippen LogP contribution in [0.2, 0.25) is 0 Å². The van der Waals surface area contributed by atoms with Crippen LogP contribution < -0.4 is 16.0 Å². The SMILES string of the molecule is CC(=O)NC1C(O[C@@H](CC2CCCCC2)C(=O)O)[C@@H](O)[C@H](CO)O[C@H]1O[C@@H]1CC(C(=O)NCCO[C@H]2OC(CO)[C@@H](O)C(n3cc(-c4cccc(C)c4)nn3)C2O)CC(NC(C)=O)[C@H]1O[C@@H]1OC(C)[C@@H](O)[C@H](O)C1O. The van der Waals surface area contributed by atoms with Crippen molar-refractivity contribution in [3.63, 3.8) is 0 Å². The molecule has 7 rings (SSSR count). The van der Waals surface area contributed by atoms with Crippen molar-refractivity contribution < 1.29 is 98.3 Å². The first-order valence-electron chi connectivity index (χ1n) is 25.7. The summed E-state index contributed by atoms with van der Waals surface area (Å²) in [5, 5.41) is 114. The highest BCUT2D eigenvalue weighted by atomic mass is 16.7. The van der Waals surface area contributed by atoms with Crippen LogP contribution in [0.4, 0.5) is 0 Å². The topological polar surface area (TPSA) is 382 Å². The first-order valence-corrected chi connectivity index (χ1v) is 25.7. The van der Waals surface area contributed by atoms with E-state index in [-0.39, 0.29) is 38.3 Å². The van der Waals surface area contributed by atoms with Gasteiger partial charge in [0.1, 0.15) is 78.8 Å². The van der Waals surface area contributed by atoms with Gasteiger partial charge in [0.25, 0.3) is 0 Å². The Bertz CT molecular complexity index is 2200. The number of carboxylic acids is 1. The van der Waals surface area contributed by atoms with Gasteiger partial charge >= 0.3 is 5.97 Å². The molecule has 0 bridgehead atoms. The van der Waals surface area contributed by atoms with Gasteiger partial charge in [0.05, 0.1) is 44.3 Å². The van der Waals surface area contributed by atoms with Crippen molar-refractivity contribution in [2.45, 2.75) is 195 Å². The van der Waals surface area contributed by atoms with E-state index in [0.29, 0.717) is 5.69 Å². The molecule has 26 heteroatoms. The lowest BCUT2D eigenvalue weighted by atomic mass is 9.80. The molecule has 75 heavy (non-hydrogen) atoms. The van der Waals surface area contributed by atoms with E-state index in [4.69, 9.17) is 33.2 Å². The van der Waals surface area contributed by atoms with E-state index >= 15 is 0 Å². The van der Waals surface area contributed by atoms with E-state index in [0.717, 1.165) is 50.2 Å². The van der Waals surface area contributed by atoms with Crippen molar-refractivity contribution in [1.29, 1.82) is 0 Å². The number of aliphatic hydroxyl groups excluding tert-OH is 8. The molecule has 420 valence electrons. The molecule has 12 N–H and O–H groups in total. The number of ether oxygens (including phenoxy) is 7. The Morgan fingerprint density at radius 1 is 0.800 bits per heavy atom. The number of carbonyl (C=O) groups is 4. The average molecular weight is 1070 g/mol. The highest BCUT2D eigenvalue weighted by Crippen LogP contribution is 2.38. The Labute approximate surface area is 432 Å². The van der Waals surface area contributed by atoms with E-state index in [1.54, 1.807) is 6.20 Å². The van der Waals surface area contributed by atoms with Crippen molar-refractivity contribution >= 4 is 23.7 Å². The highest BCUT2D eigenvalue weighted by molar-refractivity contribution is 5.79. The number of nitrogens with zero attached hydrogens (tertiary/aromatic N) is 3. The standard InChI is InChI=1S/C49H74N6O20/c1-22-9-8-12-27(15-22)30-19-55(54-53-30)36-38(61)33(20-56)74-48(40(36)63)69-14-13-50-45(66)28-17-29(51-24(3)58)43(75-49-42(65)41(64)37(60)23(2)70-49)31(18-28)72-47-35(52-25(4)59)44(39(62)34(21-57)73-47)71-32(46(67)68)16-26-10-6-5-7-11-26/h8-9,12,15,19,23,26,28-29,31-44,47-49,56-57,60-65H,5-7,10-11,13-14,16-18,20-21H2,1-4H3,(H,50,66)(H,51,58)(H,52,59)(H,67,68)/t23?,28?,29?,31-,32+,33?,34+,35?,36?,37-,38-,39+,40?,41+,42?,43-,44?,47-,48+,49+/m1/s1. The number of carboxylic acid groups (broad SMARTS) is 1. The predicted molar refractivity (Wildman–Crippen MR) is 255 cm³/mol. The van der Waals surface area contributed by atoms with Crippen LogP contribution in [0.5, 0.6) is 0 Å². The zero-order valence-corrected chi connectivity index (χ0v) is 42.4. The molecule has 5 aliphatic rings. The van der Waals surface area contributed by atoms with Crippen molar-refractivity contribution in [2.75, 3.05) is 26.4 Å². The molecule has 9 unspecified atom stereocenters. The van der Waals surface area contributed by atoms with E-state index in [1.807, 2.05) is 31.2 Å². The van der Waals surface area contributed by atoms with Gasteiger partial charge in [0.2, 0.25) is 17.7 Å². The lowest BCUT2D eigenvalue weighted by molar-refractivity contribution is -0.335. The second-order valence-corrected chi connectivity index (χ2v) is 20.4. The zero-order chi connectivity index (χ0) is 54.2. The maximum atomic E-state index is 14.2. The predicted octanol–water partition coefficient (Wildman–Crippen LogP) is -2.73. The van der Waals surface area contributed by atoms with Crippen molar-refractivity contribution in [3.05, 3.63) is 36.0 Å². The molecule has 1 aromatic heterocycles. The van der Waals surface area contributed by atoms with Crippen LogP contribution in [-0.2, 0) is 52.3 Å². The number of amides is 3. The molecule has 2 aromatic rings. The van der Waals surface area contributed by atoms with Crippen LogP contribution >= 0.6 is 0 Å². The van der Waals surface area contributed by atoms with Gasteiger partial charge in [-0.2, -0.15) is 0 Å². The minimum atomic E-state index is -1.83. The quantitative estimate of drug-likeness (QED) is 0.0599. The van der Waals surface area contributed by atoms with Gasteiger partial charge in [-0.15, -0.1) is 5.10 Å². The number of benzene rings is 1. The third-order valence-corrected chi connectivity index (χ3v) is 14.7. The maximum Gasteiger partial charge on any atom is 0.332 e. The second kappa shape index (κ2) is 26.3. The lowest BCUT2D eigenvalue weighted by Gasteiger charge is -2.49. The Kier molecular flexibility index (Phi) is 20.5. The van der Waals surface area contributed by atoms with Crippen LogP contribution in [0.1, 0.15) is 83.7 Å². The molecule has 2 saturated carbocycles. The monoisotopic (exact) mass is 1070 g/mol. The number of aliphatic hydroxyl groups is 8. The molecule has 3 saturated heterocycles. The number of aliphatic carboxylic acids is 1. The fraction of sp³-hybridized carbons (Fsp3) is 0.755. The normalized spacial score (nSPS) is 37.0. The van der Waals surface area contributed by atoms with Gasteiger partial charge in [0.15, 0.2) is 25.0 Å². The molecule has 0 spiro atoms. The Morgan fingerprint density at radius 2 is 1.49 bits per heavy atom. The first kappa shape index (κ1) is 58.3. The molecule has 5 fully saturated rings. The zero-order valence-electron chi connectivity index (χ0n) is 42.4. The van der Waals surface area contributed by atoms with Gasteiger partial charge in [-0.05, 0) is 45.1 Å². The molecule has 2 aliphatic carbocycles. The van der Waals surface area contributed by atoms with Gasteiger partial charge in [-0.1, -0.05) is 61.1 Å². The molecule has 0 radical (unpaired) electrons. The summed E-state index contributed by atoms with van der Waals surface area (Å²) in [4.78, 5) is 52.7. The summed E-state index contributed by atoms with van der Waals surface area (Å²) in [6.45, 7) is 3.80. The van der Waals surface area contributed by atoms with E-state index in [1.165, 1.54) is 18.5 Å². The molecular formula is C49H74N6O20. The summed E-state index contributed by atoms with van der Waals surface area (Å²) < 4.78 is 43.9. The molecule has 1 aromatic carbocycles. The number of aryl methyl sites for hydroxylation is 1. The summed E-state index contributed by atoms with van der Waals surface area (Å²) in [7, 11) is 0. The van der Waals surface area contributed by atoms with E-state index in [2.05, 4.69) is 26.3 Å². The third-order valence-electron chi connectivity index (χ3n) is 14.7.